The molecule has 0 aliphatic carbocycles. The van der Waals surface area contributed by atoms with E-state index in [1.54, 1.807) is 19.9 Å². The van der Waals surface area contributed by atoms with Crippen LogP contribution in [0.4, 0.5) is 14.5 Å². The molecule has 0 bridgehead atoms. The van der Waals surface area contributed by atoms with Crippen LogP contribution in [0.25, 0.3) is 0 Å². The number of benzene rings is 2. The lowest BCUT2D eigenvalue weighted by Crippen LogP contribution is -2.33. The minimum absolute atomic E-state index is 0.137. The molecule has 6 nitrogen and oxygen atoms in total. The molecule has 1 amide bonds. The standard InChI is InChI=1S/C22H27F2N3O3S/c1-15(2)26(3)31(29,30)19-7-4-17(5-8-19)22(28)25-13-16-10-11-27(14-16)18-6-9-20(23)21(24)12-18/h4-9,12,15-16H,10-11,13-14H2,1-3H3,(H,25,28). The number of hydrogen-bond donors (Lipinski definition) is 1. The number of nitrogens with zero attached hydrogens (tertiary/aromatic N) is 2. The second kappa shape index (κ2) is 9.32. The van der Waals surface area contributed by atoms with E-state index in [-0.39, 0.29) is 22.8 Å². The summed E-state index contributed by atoms with van der Waals surface area (Å²) >= 11 is 0. The first-order valence-corrected chi connectivity index (χ1v) is 11.6. The first kappa shape index (κ1) is 23.1. The first-order chi connectivity index (χ1) is 14.6. The summed E-state index contributed by atoms with van der Waals surface area (Å²) in [6.45, 7) is 5.34. The highest BCUT2D eigenvalue weighted by Gasteiger charge is 2.25. The van der Waals surface area contributed by atoms with E-state index >= 15 is 0 Å². The quantitative estimate of drug-likeness (QED) is 0.702. The predicted octanol–water partition coefficient (Wildman–Crippen LogP) is 3.25. The molecule has 1 fully saturated rings. The molecular formula is C22H27F2N3O3S. The van der Waals surface area contributed by atoms with Crippen molar-refractivity contribution in [2.75, 3.05) is 31.6 Å². The molecule has 1 N–H and O–H groups in total. The van der Waals surface area contributed by atoms with Crippen molar-refractivity contribution in [2.45, 2.75) is 31.2 Å². The fraction of sp³-hybridized carbons (Fsp3) is 0.409. The van der Waals surface area contributed by atoms with Crippen LogP contribution in [0.1, 0.15) is 30.6 Å². The summed E-state index contributed by atoms with van der Waals surface area (Å²) in [4.78, 5) is 14.6. The number of carbonyl (C=O) groups excluding carboxylic acids is 1. The van der Waals surface area contributed by atoms with Gasteiger partial charge in [0.25, 0.3) is 5.91 Å². The SMILES string of the molecule is CC(C)N(C)S(=O)(=O)c1ccc(C(=O)NCC2CCN(c3ccc(F)c(F)c3)C2)cc1. The summed E-state index contributed by atoms with van der Waals surface area (Å²) in [5.74, 6) is -1.86. The highest BCUT2D eigenvalue weighted by molar-refractivity contribution is 7.89. The summed E-state index contributed by atoms with van der Waals surface area (Å²) in [6, 6.07) is 9.53. The molecule has 168 valence electrons. The molecule has 1 unspecified atom stereocenters. The topological polar surface area (TPSA) is 69.7 Å². The lowest BCUT2D eigenvalue weighted by atomic mass is 10.1. The Morgan fingerprint density at radius 2 is 1.84 bits per heavy atom. The Labute approximate surface area is 181 Å². The van der Waals surface area contributed by atoms with Crippen molar-refractivity contribution in [3.63, 3.8) is 0 Å². The van der Waals surface area contributed by atoms with E-state index in [0.29, 0.717) is 30.9 Å². The van der Waals surface area contributed by atoms with Crippen LogP contribution in [0, 0.1) is 17.6 Å². The van der Waals surface area contributed by atoms with Gasteiger partial charge in [0, 0.05) is 50.0 Å². The highest BCUT2D eigenvalue weighted by atomic mass is 32.2. The molecule has 9 heteroatoms. The van der Waals surface area contributed by atoms with Crippen LogP contribution in [0.5, 0.6) is 0 Å². The molecule has 1 aliphatic heterocycles. The monoisotopic (exact) mass is 451 g/mol. The van der Waals surface area contributed by atoms with E-state index in [4.69, 9.17) is 0 Å². The van der Waals surface area contributed by atoms with Gasteiger partial charge in [0.1, 0.15) is 0 Å². The Bertz CT molecular complexity index is 1040. The van der Waals surface area contributed by atoms with E-state index in [1.165, 1.54) is 41.7 Å². The number of carbonyl (C=O) groups is 1. The number of sulfonamides is 1. The van der Waals surface area contributed by atoms with Crippen LogP contribution in [0.15, 0.2) is 47.4 Å². The van der Waals surface area contributed by atoms with E-state index in [9.17, 15) is 22.0 Å². The van der Waals surface area contributed by atoms with E-state index in [2.05, 4.69) is 5.32 Å². The zero-order valence-electron chi connectivity index (χ0n) is 17.8. The van der Waals surface area contributed by atoms with Gasteiger partial charge >= 0.3 is 0 Å². The van der Waals surface area contributed by atoms with E-state index in [1.807, 2.05) is 4.90 Å². The fourth-order valence-corrected chi connectivity index (χ4v) is 4.84. The van der Waals surface area contributed by atoms with Gasteiger partial charge in [-0.1, -0.05) is 0 Å². The average molecular weight is 452 g/mol. The van der Waals surface area contributed by atoms with Gasteiger partial charge < -0.3 is 10.2 Å². The van der Waals surface area contributed by atoms with Crippen LogP contribution >= 0.6 is 0 Å². The molecule has 1 heterocycles. The van der Waals surface area contributed by atoms with Crippen molar-refractivity contribution < 1.29 is 22.0 Å². The van der Waals surface area contributed by atoms with Gasteiger partial charge in [-0.3, -0.25) is 4.79 Å². The third-order valence-electron chi connectivity index (χ3n) is 5.63. The predicted molar refractivity (Wildman–Crippen MR) is 116 cm³/mol. The molecule has 1 atom stereocenters. The minimum Gasteiger partial charge on any atom is -0.371 e. The van der Waals surface area contributed by atoms with Crippen LogP contribution in [0.2, 0.25) is 0 Å². The first-order valence-electron chi connectivity index (χ1n) is 10.2. The molecule has 2 aromatic carbocycles. The summed E-state index contributed by atoms with van der Waals surface area (Å²) in [5, 5.41) is 2.87. The Morgan fingerprint density at radius 3 is 2.45 bits per heavy atom. The van der Waals surface area contributed by atoms with Gasteiger partial charge in [-0.15, -0.1) is 0 Å². The Hall–Kier alpha value is -2.52. The van der Waals surface area contributed by atoms with Crippen molar-refractivity contribution in [3.05, 3.63) is 59.7 Å². The zero-order valence-corrected chi connectivity index (χ0v) is 18.6. The number of nitrogens with one attached hydrogen (secondary N) is 1. The Morgan fingerprint density at radius 1 is 1.16 bits per heavy atom. The van der Waals surface area contributed by atoms with Crippen molar-refractivity contribution in [1.82, 2.24) is 9.62 Å². The van der Waals surface area contributed by atoms with Crippen molar-refractivity contribution in [2.24, 2.45) is 5.92 Å². The van der Waals surface area contributed by atoms with Crippen LogP contribution < -0.4 is 10.2 Å². The van der Waals surface area contributed by atoms with Crippen molar-refractivity contribution in [3.8, 4) is 0 Å². The summed E-state index contributed by atoms with van der Waals surface area (Å²) in [6.07, 6.45) is 0.817. The number of rotatable bonds is 7. The third-order valence-corrected chi connectivity index (χ3v) is 7.67. The number of anilines is 1. The number of amides is 1. The van der Waals surface area contributed by atoms with Gasteiger partial charge in [0.2, 0.25) is 10.0 Å². The second-order valence-electron chi connectivity index (χ2n) is 8.05. The molecule has 1 saturated heterocycles. The normalized spacial score (nSPS) is 16.9. The van der Waals surface area contributed by atoms with Crippen molar-refractivity contribution in [1.29, 1.82) is 0 Å². The van der Waals surface area contributed by atoms with E-state index in [0.717, 1.165) is 12.5 Å². The number of hydrogen-bond acceptors (Lipinski definition) is 4. The van der Waals surface area contributed by atoms with Gasteiger partial charge in [0.15, 0.2) is 11.6 Å². The van der Waals surface area contributed by atoms with Gasteiger partial charge in [-0.25, -0.2) is 17.2 Å². The van der Waals surface area contributed by atoms with Gasteiger partial charge in [-0.2, -0.15) is 4.31 Å². The van der Waals surface area contributed by atoms with Gasteiger partial charge in [0.05, 0.1) is 4.90 Å². The summed E-state index contributed by atoms with van der Waals surface area (Å²) in [7, 11) is -2.08. The zero-order chi connectivity index (χ0) is 22.8. The fourth-order valence-electron chi connectivity index (χ4n) is 3.48. The molecular weight excluding hydrogens is 424 g/mol. The minimum atomic E-state index is -3.60. The maximum atomic E-state index is 13.5. The highest BCUT2D eigenvalue weighted by Crippen LogP contribution is 2.25. The maximum Gasteiger partial charge on any atom is 0.251 e. The second-order valence-corrected chi connectivity index (χ2v) is 10.0. The van der Waals surface area contributed by atoms with Crippen LogP contribution in [-0.4, -0.2) is 51.4 Å². The Balaban J connectivity index is 1.56. The van der Waals surface area contributed by atoms with E-state index < -0.39 is 21.7 Å². The largest absolute Gasteiger partial charge is 0.371 e. The molecule has 31 heavy (non-hydrogen) atoms. The third kappa shape index (κ3) is 5.22. The molecule has 0 spiro atoms. The lowest BCUT2D eigenvalue weighted by molar-refractivity contribution is 0.0948. The average Bonchev–Trinajstić information content (AvgIpc) is 3.22. The Kier molecular flexibility index (Phi) is 6.96. The molecule has 0 radical (unpaired) electrons. The lowest BCUT2D eigenvalue weighted by Gasteiger charge is -2.21. The summed E-state index contributed by atoms with van der Waals surface area (Å²) in [5.41, 5.74) is 0.998. The smallest absolute Gasteiger partial charge is 0.251 e. The summed E-state index contributed by atoms with van der Waals surface area (Å²) < 4.78 is 52.9. The molecule has 2 aromatic rings. The molecule has 1 aliphatic rings. The number of halogens is 2. The molecule has 0 saturated carbocycles. The molecule has 0 aromatic heterocycles. The maximum absolute atomic E-state index is 13.5. The molecule has 3 rings (SSSR count). The van der Waals surface area contributed by atoms with Crippen molar-refractivity contribution >= 4 is 21.6 Å². The van der Waals surface area contributed by atoms with Crippen LogP contribution in [-0.2, 0) is 10.0 Å². The van der Waals surface area contributed by atoms with Gasteiger partial charge in [-0.05, 0) is 62.6 Å². The van der Waals surface area contributed by atoms with Crippen LogP contribution in [0.3, 0.4) is 0 Å².